The van der Waals surface area contributed by atoms with Crippen LogP contribution < -0.4 is 0 Å². The van der Waals surface area contributed by atoms with Crippen molar-refractivity contribution in [1.82, 2.24) is 0 Å². The van der Waals surface area contributed by atoms with E-state index in [4.69, 9.17) is 15.9 Å². The molecule has 4 nitrogen and oxygen atoms in total. The van der Waals surface area contributed by atoms with Gasteiger partial charge in [-0.3, -0.25) is 9.59 Å². The summed E-state index contributed by atoms with van der Waals surface area (Å²) in [4.78, 5) is 24.4. The highest BCUT2D eigenvalue weighted by Gasteiger charge is 2.52. The minimum Gasteiger partial charge on any atom is -0.422 e. The average molecular weight is 272 g/mol. The Kier molecular flexibility index (Phi) is 3.31. The van der Waals surface area contributed by atoms with Crippen LogP contribution in [0.25, 0.3) is 0 Å². The van der Waals surface area contributed by atoms with Crippen LogP contribution in [0.5, 0.6) is 0 Å². The molecule has 2 rings (SSSR count). The quantitative estimate of drug-likeness (QED) is 0.469. The standard InChI is InChI=1S/C16H16O4/c1-5-16(4,11-9-7-6-8-10-11)12-13(17)19-15(2,3)20-14(12)18/h1,6-10,12H,2-4H3. The fourth-order valence-electron chi connectivity index (χ4n) is 2.31. The summed E-state index contributed by atoms with van der Waals surface area (Å²) in [6.07, 6.45) is 5.60. The van der Waals surface area contributed by atoms with Crippen molar-refractivity contribution in [2.24, 2.45) is 5.92 Å². The van der Waals surface area contributed by atoms with E-state index in [1.54, 1.807) is 31.2 Å². The highest BCUT2D eigenvalue weighted by atomic mass is 16.7. The molecule has 1 heterocycles. The molecule has 1 aromatic rings. The van der Waals surface area contributed by atoms with Gasteiger partial charge in [0, 0.05) is 13.8 Å². The second kappa shape index (κ2) is 4.68. The Morgan fingerprint density at radius 3 is 2.10 bits per heavy atom. The number of cyclic esters (lactones) is 2. The smallest absolute Gasteiger partial charge is 0.325 e. The molecule has 1 unspecified atom stereocenters. The molecule has 104 valence electrons. The lowest BCUT2D eigenvalue weighted by atomic mass is 9.72. The van der Waals surface area contributed by atoms with Crippen LogP contribution in [-0.2, 0) is 24.5 Å². The summed E-state index contributed by atoms with van der Waals surface area (Å²) < 4.78 is 10.3. The first-order chi connectivity index (χ1) is 9.30. The zero-order chi connectivity index (χ0) is 15.0. The molecule has 0 radical (unpaired) electrons. The number of esters is 2. The summed E-state index contributed by atoms with van der Waals surface area (Å²) in [5, 5.41) is 0. The highest BCUT2D eigenvalue weighted by Crippen LogP contribution is 2.37. The second-order valence-electron chi connectivity index (χ2n) is 5.39. The van der Waals surface area contributed by atoms with E-state index in [0.29, 0.717) is 5.56 Å². The van der Waals surface area contributed by atoms with Crippen molar-refractivity contribution in [1.29, 1.82) is 0 Å². The molecule has 20 heavy (non-hydrogen) atoms. The van der Waals surface area contributed by atoms with Crippen LogP contribution in [0.15, 0.2) is 30.3 Å². The van der Waals surface area contributed by atoms with Crippen molar-refractivity contribution >= 4 is 11.9 Å². The number of ether oxygens (including phenoxy) is 2. The molecule has 1 fully saturated rings. The van der Waals surface area contributed by atoms with Gasteiger partial charge >= 0.3 is 11.9 Å². The first kappa shape index (κ1) is 14.1. The minimum absolute atomic E-state index is 0.657. The number of hydrogen-bond donors (Lipinski definition) is 0. The maximum Gasteiger partial charge on any atom is 0.325 e. The van der Waals surface area contributed by atoms with Gasteiger partial charge in [-0.1, -0.05) is 36.3 Å². The number of terminal acetylenes is 1. The maximum atomic E-state index is 12.2. The van der Waals surface area contributed by atoms with Crippen LogP contribution in [0.4, 0.5) is 0 Å². The second-order valence-corrected chi connectivity index (χ2v) is 5.39. The number of carbonyl (C=O) groups excluding carboxylic acids is 2. The van der Waals surface area contributed by atoms with Crippen LogP contribution in [0.3, 0.4) is 0 Å². The first-order valence-electron chi connectivity index (χ1n) is 6.29. The Labute approximate surface area is 118 Å². The van der Waals surface area contributed by atoms with E-state index in [1.165, 1.54) is 13.8 Å². The first-order valence-corrected chi connectivity index (χ1v) is 6.29. The molecule has 1 atom stereocenters. The highest BCUT2D eigenvalue weighted by molar-refractivity contribution is 5.99. The van der Waals surface area contributed by atoms with E-state index < -0.39 is 29.1 Å². The average Bonchev–Trinajstić information content (AvgIpc) is 2.37. The number of hydrogen-bond acceptors (Lipinski definition) is 4. The van der Waals surface area contributed by atoms with Crippen LogP contribution in [0, 0.1) is 18.3 Å². The third-order valence-electron chi connectivity index (χ3n) is 3.41. The maximum absolute atomic E-state index is 12.2. The molecule has 1 aliphatic rings. The van der Waals surface area contributed by atoms with E-state index in [9.17, 15) is 9.59 Å². The topological polar surface area (TPSA) is 52.6 Å². The van der Waals surface area contributed by atoms with E-state index in [0.717, 1.165) is 0 Å². The fraction of sp³-hybridized carbons (Fsp3) is 0.375. The van der Waals surface area contributed by atoms with Crippen molar-refractivity contribution in [2.75, 3.05) is 0 Å². The van der Waals surface area contributed by atoms with Crippen LogP contribution in [-0.4, -0.2) is 17.7 Å². The van der Waals surface area contributed by atoms with Crippen LogP contribution >= 0.6 is 0 Å². The van der Waals surface area contributed by atoms with Gasteiger partial charge in [0.25, 0.3) is 5.79 Å². The van der Waals surface area contributed by atoms with Crippen molar-refractivity contribution in [3.8, 4) is 12.3 Å². The van der Waals surface area contributed by atoms with Gasteiger partial charge in [0.2, 0.25) is 0 Å². The molecule has 4 heteroatoms. The summed E-state index contributed by atoms with van der Waals surface area (Å²) in [5.74, 6) is -1.18. The molecule has 1 aromatic carbocycles. The summed E-state index contributed by atoms with van der Waals surface area (Å²) >= 11 is 0. The van der Waals surface area contributed by atoms with E-state index in [1.807, 2.05) is 6.07 Å². The minimum atomic E-state index is -1.25. The normalized spacial score (nSPS) is 21.3. The van der Waals surface area contributed by atoms with Gasteiger partial charge in [-0.2, -0.15) is 0 Å². The summed E-state index contributed by atoms with van der Waals surface area (Å²) in [7, 11) is 0. The summed E-state index contributed by atoms with van der Waals surface area (Å²) in [6.45, 7) is 4.68. The van der Waals surface area contributed by atoms with Gasteiger partial charge in [-0.15, -0.1) is 6.42 Å². The van der Waals surface area contributed by atoms with Gasteiger partial charge in [0.05, 0.1) is 5.41 Å². The van der Waals surface area contributed by atoms with Crippen molar-refractivity contribution in [3.63, 3.8) is 0 Å². The van der Waals surface area contributed by atoms with Gasteiger partial charge in [-0.05, 0) is 12.5 Å². The Hall–Kier alpha value is -2.28. The molecule has 0 N–H and O–H groups in total. The van der Waals surface area contributed by atoms with E-state index in [2.05, 4.69) is 5.92 Å². The molecule has 1 saturated heterocycles. The lowest BCUT2D eigenvalue weighted by Gasteiger charge is -2.38. The van der Waals surface area contributed by atoms with Gasteiger partial charge in [0.1, 0.15) is 0 Å². The molecule has 0 saturated carbocycles. The van der Waals surface area contributed by atoms with Crippen molar-refractivity contribution < 1.29 is 19.1 Å². The Bertz CT molecular complexity index is 562. The third-order valence-corrected chi connectivity index (χ3v) is 3.41. The third kappa shape index (κ3) is 2.27. The number of rotatable bonds is 2. The molecule has 0 bridgehead atoms. The predicted molar refractivity (Wildman–Crippen MR) is 72.4 cm³/mol. The van der Waals surface area contributed by atoms with Gasteiger partial charge in [0.15, 0.2) is 5.92 Å². The molecule has 0 amide bonds. The summed E-state index contributed by atoms with van der Waals surface area (Å²) in [6, 6.07) is 8.99. The molecule has 0 aliphatic carbocycles. The lowest BCUT2D eigenvalue weighted by molar-refractivity contribution is -0.242. The van der Waals surface area contributed by atoms with Crippen LogP contribution in [0.1, 0.15) is 26.3 Å². The Morgan fingerprint density at radius 2 is 1.65 bits per heavy atom. The fourth-order valence-corrected chi connectivity index (χ4v) is 2.31. The van der Waals surface area contributed by atoms with Gasteiger partial charge < -0.3 is 9.47 Å². The predicted octanol–water partition coefficient (Wildman–Crippen LogP) is 2.03. The largest absolute Gasteiger partial charge is 0.422 e. The summed E-state index contributed by atoms with van der Waals surface area (Å²) in [5.41, 5.74) is -0.410. The van der Waals surface area contributed by atoms with Crippen LogP contribution in [0.2, 0.25) is 0 Å². The number of benzene rings is 1. The Morgan fingerprint density at radius 1 is 1.15 bits per heavy atom. The van der Waals surface area contributed by atoms with Crippen molar-refractivity contribution in [2.45, 2.75) is 32.0 Å². The molecule has 0 spiro atoms. The lowest BCUT2D eigenvalue weighted by Crippen LogP contribution is -2.53. The number of carbonyl (C=O) groups is 2. The molecular formula is C16H16O4. The SMILES string of the molecule is C#CC(C)(c1ccccc1)C1C(=O)OC(C)(C)OC1=O. The Balaban J connectivity index is 2.45. The molecule has 1 aliphatic heterocycles. The van der Waals surface area contributed by atoms with Gasteiger partial charge in [-0.25, -0.2) is 0 Å². The van der Waals surface area contributed by atoms with E-state index >= 15 is 0 Å². The zero-order valence-corrected chi connectivity index (χ0v) is 11.7. The van der Waals surface area contributed by atoms with Crippen molar-refractivity contribution in [3.05, 3.63) is 35.9 Å². The zero-order valence-electron chi connectivity index (χ0n) is 11.7. The van der Waals surface area contributed by atoms with E-state index in [-0.39, 0.29) is 0 Å². The molecule has 0 aromatic heterocycles. The monoisotopic (exact) mass is 272 g/mol. The molecular weight excluding hydrogens is 256 g/mol.